The molecule has 1 aromatic rings. The smallest absolute Gasteiger partial charge is 0.182 e. The maximum atomic E-state index is 13.1. The lowest BCUT2D eigenvalue weighted by Gasteiger charge is -2.53. The number of carbonyl (C=O) groups excluding carboxylic acids is 2. The minimum absolute atomic E-state index is 0.000368. The maximum absolute atomic E-state index is 13.1. The Balaban J connectivity index is 2.00. The first-order valence-electron chi connectivity index (χ1n) is 9.28. The molecule has 0 aromatic heterocycles. The topological polar surface area (TPSA) is 34.1 Å². The van der Waals surface area contributed by atoms with Crippen LogP contribution < -0.4 is 0 Å². The molecule has 0 radical (unpaired) electrons. The average molecular weight is 336 g/mol. The molecule has 132 valence electrons. The van der Waals surface area contributed by atoms with Gasteiger partial charge in [-0.3, -0.25) is 9.59 Å². The van der Waals surface area contributed by atoms with Gasteiger partial charge < -0.3 is 0 Å². The monoisotopic (exact) mass is 336 g/mol. The molecule has 2 atom stereocenters. The lowest BCUT2D eigenvalue weighted by Crippen LogP contribution is -2.48. The number of Topliss-reactive ketones (excluding diaryl/α,β-unsaturated/α-hetero) is 1. The number of hydrogen-bond donors (Lipinski definition) is 0. The fourth-order valence-electron chi connectivity index (χ4n) is 5.11. The lowest BCUT2D eigenvalue weighted by molar-refractivity contribution is -0.125. The van der Waals surface area contributed by atoms with E-state index in [9.17, 15) is 9.59 Å². The second-order valence-corrected chi connectivity index (χ2v) is 8.55. The second kappa shape index (κ2) is 6.40. The standard InChI is InChI=1S/C23H28O2/c1-16-19(25)15-20-22(2,3)13-8-14-23(20,4)21(16)18(24)12-11-17-9-6-5-7-10-17/h5-7,9-12,20H,8,13-15H2,1-4H3/b12-11+/t20-,23-/m1/s1. The van der Waals surface area contributed by atoms with Crippen molar-refractivity contribution in [3.8, 4) is 0 Å². The summed E-state index contributed by atoms with van der Waals surface area (Å²) in [4.78, 5) is 25.7. The fraction of sp³-hybridized carbons (Fsp3) is 0.478. The van der Waals surface area contributed by atoms with Gasteiger partial charge in [-0.05, 0) is 48.3 Å². The van der Waals surface area contributed by atoms with Crippen LogP contribution in [0.5, 0.6) is 0 Å². The van der Waals surface area contributed by atoms with Gasteiger partial charge in [0.15, 0.2) is 11.6 Å². The van der Waals surface area contributed by atoms with Crippen LogP contribution in [0.3, 0.4) is 0 Å². The molecular weight excluding hydrogens is 308 g/mol. The van der Waals surface area contributed by atoms with Crippen LogP contribution in [0.15, 0.2) is 47.6 Å². The van der Waals surface area contributed by atoms with Gasteiger partial charge >= 0.3 is 0 Å². The molecule has 0 heterocycles. The Morgan fingerprint density at radius 2 is 1.80 bits per heavy atom. The van der Waals surface area contributed by atoms with E-state index < -0.39 is 0 Å². The van der Waals surface area contributed by atoms with E-state index in [4.69, 9.17) is 0 Å². The van der Waals surface area contributed by atoms with E-state index in [1.165, 1.54) is 0 Å². The Bertz CT molecular complexity index is 752. The molecule has 0 bridgehead atoms. The Kier molecular flexibility index (Phi) is 4.57. The van der Waals surface area contributed by atoms with Gasteiger partial charge in [0.1, 0.15) is 0 Å². The first-order chi connectivity index (χ1) is 11.8. The highest BCUT2D eigenvalue weighted by Gasteiger charge is 2.53. The van der Waals surface area contributed by atoms with Gasteiger partial charge in [0.2, 0.25) is 0 Å². The lowest BCUT2D eigenvalue weighted by atomic mass is 9.49. The van der Waals surface area contributed by atoms with Crippen molar-refractivity contribution in [2.45, 2.75) is 53.4 Å². The molecule has 2 nitrogen and oxygen atoms in total. The van der Waals surface area contributed by atoms with Gasteiger partial charge in [-0.1, -0.05) is 63.6 Å². The molecule has 3 rings (SSSR count). The van der Waals surface area contributed by atoms with Crippen LogP contribution in [-0.4, -0.2) is 11.6 Å². The van der Waals surface area contributed by atoms with Crippen LogP contribution in [0.1, 0.15) is 58.9 Å². The van der Waals surface area contributed by atoms with Gasteiger partial charge in [-0.2, -0.15) is 0 Å². The summed E-state index contributed by atoms with van der Waals surface area (Å²) >= 11 is 0. The number of fused-ring (bicyclic) bond motifs is 1. The van der Waals surface area contributed by atoms with Gasteiger partial charge in [0.05, 0.1) is 0 Å². The molecule has 1 aromatic carbocycles. The van der Waals surface area contributed by atoms with Crippen molar-refractivity contribution in [3.05, 3.63) is 53.1 Å². The molecule has 1 saturated carbocycles. The fourth-order valence-corrected chi connectivity index (χ4v) is 5.11. The predicted molar refractivity (Wildman–Crippen MR) is 102 cm³/mol. The third-order valence-corrected chi connectivity index (χ3v) is 6.46. The number of ketones is 2. The van der Waals surface area contributed by atoms with Crippen molar-refractivity contribution in [1.82, 2.24) is 0 Å². The summed E-state index contributed by atoms with van der Waals surface area (Å²) in [6.45, 7) is 8.56. The Hall–Kier alpha value is -1.96. The summed E-state index contributed by atoms with van der Waals surface area (Å²) in [5.41, 5.74) is 2.34. The quantitative estimate of drug-likeness (QED) is 0.693. The highest BCUT2D eigenvalue weighted by molar-refractivity contribution is 6.14. The van der Waals surface area contributed by atoms with E-state index in [1.807, 2.05) is 43.3 Å². The van der Waals surface area contributed by atoms with Crippen LogP contribution in [0, 0.1) is 16.7 Å². The van der Waals surface area contributed by atoms with E-state index in [2.05, 4.69) is 20.8 Å². The van der Waals surface area contributed by atoms with Crippen molar-refractivity contribution in [2.75, 3.05) is 0 Å². The largest absolute Gasteiger partial charge is 0.295 e. The van der Waals surface area contributed by atoms with E-state index in [0.29, 0.717) is 12.0 Å². The predicted octanol–water partition coefficient (Wildman–Crippen LogP) is 5.39. The van der Waals surface area contributed by atoms with Crippen molar-refractivity contribution in [2.24, 2.45) is 16.7 Å². The van der Waals surface area contributed by atoms with E-state index in [1.54, 1.807) is 6.08 Å². The molecule has 0 aliphatic heterocycles. The van der Waals surface area contributed by atoms with E-state index in [0.717, 1.165) is 30.4 Å². The third-order valence-electron chi connectivity index (χ3n) is 6.46. The molecule has 0 saturated heterocycles. The van der Waals surface area contributed by atoms with Gasteiger partial charge in [0.25, 0.3) is 0 Å². The SMILES string of the molecule is CC1=C(C(=O)/C=C/c2ccccc2)[C@]2(C)CCCC(C)(C)[C@H]2CC1=O. The second-order valence-electron chi connectivity index (χ2n) is 8.55. The minimum Gasteiger partial charge on any atom is -0.295 e. The average Bonchev–Trinajstić information content (AvgIpc) is 2.56. The summed E-state index contributed by atoms with van der Waals surface area (Å²) in [5.74, 6) is 0.391. The molecule has 0 amide bonds. The number of rotatable bonds is 3. The van der Waals surface area contributed by atoms with Crippen LogP contribution in [0.4, 0.5) is 0 Å². The van der Waals surface area contributed by atoms with Crippen LogP contribution in [0.2, 0.25) is 0 Å². The normalized spacial score (nSPS) is 29.0. The molecule has 2 aliphatic rings. The molecule has 0 unspecified atom stereocenters. The van der Waals surface area contributed by atoms with E-state index in [-0.39, 0.29) is 28.3 Å². The van der Waals surface area contributed by atoms with Crippen molar-refractivity contribution in [1.29, 1.82) is 0 Å². The van der Waals surface area contributed by atoms with Crippen LogP contribution in [-0.2, 0) is 9.59 Å². The van der Waals surface area contributed by atoms with E-state index >= 15 is 0 Å². The zero-order valence-electron chi connectivity index (χ0n) is 15.8. The highest BCUT2D eigenvalue weighted by Crippen LogP contribution is 2.58. The first-order valence-corrected chi connectivity index (χ1v) is 9.28. The maximum Gasteiger partial charge on any atom is 0.182 e. The number of hydrogen-bond acceptors (Lipinski definition) is 2. The zero-order valence-corrected chi connectivity index (χ0v) is 15.8. The molecule has 25 heavy (non-hydrogen) atoms. The Labute approximate surface area is 151 Å². The van der Waals surface area contributed by atoms with Gasteiger partial charge in [-0.25, -0.2) is 0 Å². The third kappa shape index (κ3) is 3.15. The van der Waals surface area contributed by atoms with Crippen molar-refractivity contribution >= 4 is 17.6 Å². The van der Waals surface area contributed by atoms with Crippen LogP contribution >= 0.6 is 0 Å². The van der Waals surface area contributed by atoms with Crippen LogP contribution in [0.25, 0.3) is 6.08 Å². The molecule has 0 spiro atoms. The number of allylic oxidation sites excluding steroid dienone is 3. The van der Waals surface area contributed by atoms with Crippen molar-refractivity contribution < 1.29 is 9.59 Å². The minimum atomic E-state index is -0.197. The molecule has 2 heteroatoms. The van der Waals surface area contributed by atoms with Gasteiger partial charge in [0, 0.05) is 17.4 Å². The summed E-state index contributed by atoms with van der Waals surface area (Å²) in [5, 5.41) is 0. The molecule has 0 N–H and O–H groups in total. The summed E-state index contributed by atoms with van der Waals surface area (Å²) in [6.07, 6.45) is 7.31. The first kappa shape index (κ1) is 17.8. The molecule has 1 fully saturated rings. The number of carbonyl (C=O) groups is 2. The van der Waals surface area contributed by atoms with Crippen molar-refractivity contribution in [3.63, 3.8) is 0 Å². The van der Waals surface area contributed by atoms with Gasteiger partial charge in [-0.15, -0.1) is 0 Å². The summed E-state index contributed by atoms with van der Waals surface area (Å²) in [7, 11) is 0. The molecular formula is C23H28O2. The zero-order chi connectivity index (χ0) is 18.2. The Morgan fingerprint density at radius 1 is 1.12 bits per heavy atom. The summed E-state index contributed by atoms with van der Waals surface area (Å²) < 4.78 is 0. The number of benzene rings is 1. The molecule has 2 aliphatic carbocycles. The summed E-state index contributed by atoms with van der Waals surface area (Å²) in [6, 6.07) is 9.83. The highest BCUT2D eigenvalue weighted by atomic mass is 16.1. The Morgan fingerprint density at radius 3 is 2.48 bits per heavy atom.